The molecule has 0 aliphatic carbocycles. The smallest absolute Gasteiger partial charge is 0.278 e. The first-order valence-electron chi connectivity index (χ1n) is 10.7. The molecule has 1 amide bonds. The molecule has 3 heterocycles. The SMILES string of the molecule is Cc1ccc(-n2c(SCC(=O)Nc3nccs3)nc3c(sc(=S)n3-c3ccc(Cl)c(C)c3)c2=O)cc1. The lowest BCUT2D eigenvalue weighted by atomic mass is 10.2. The second-order valence-electron chi connectivity index (χ2n) is 7.83. The normalized spacial score (nSPS) is 11.2. The number of thioether (sulfide) groups is 1. The van der Waals surface area contributed by atoms with Crippen LogP contribution in [0.25, 0.3) is 21.7 Å². The molecule has 0 saturated carbocycles. The van der Waals surface area contributed by atoms with Crippen LogP contribution in [0.4, 0.5) is 5.13 Å². The minimum atomic E-state index is -0.243. The average Bonchev–Trinajstić information content (AvgIpc) is 3.48. The molecule has 0 radical (unpaired) electrons. The van der Waals surface area contributed by atoms with Crippen molar-refractivity contribution in [2.45, 2.75) is 19.0 Å². The summed E-state index contributed by atoms with van der Waals surface area (Å²) < 4.78 is 4.24. The lowest BCUT2D eigenvalue weighted by molar-refractivity contribution is -0.113. The number of nitrogens with zero attached hydrogens (tertiary/aromatic N) is 4. The molecule has 3 aromatic heterocycles. The van der Waals surface area contributed by atoms with Gasteiger partial charge in [0.15, 0.2) is 19.9 Å². The molecule has 7 nitrogen and oxygen atoms in total. The Morgan fingerprint density at radius 2 is 1.89 bits per heavy atom. The van der Waals surface area contributed by atoms with Crippen LogP contribution in [0, 0.1) is 17.8 Å². The first-order chi connectivity index (χ1) is 17.3. The molecule has 0 unspecified atom stereocenters. The van der Waals surface area contributed by atoms with Gasteiger partial charge in [-0.2, -0.15) is 0 Å². The summed E-state index contributed by atoms with van der Waals surface area (Å²) >= 11 is 15.6. The van der Waals surface area contributed by atoms with Gasteiger partial charge in [0.1, 0.15) is 4.70 Å². The number of thiazole rings is 2. The lowest BCUT2D eigenvalue weighted by Crippen LogP contribution is -2.22. The molecular weight excluding hydrogens is 554 g/mol. The minimum Gasteiger partial charge on any atom is -0.301 e. The maximum absolute atomic E-state index is 13.8. The fraction of sp³-hybridized carbons (Fsp3) is 0.125. The van der Waals surface area contributed by atoms with Crippen molar-refractivity contribution < 1.29 is 4.79 Å². The van der Waals surface area contributed by atoms with Crippen LogP contribution in [-0.2, 0) is 4.79 Å². The Labute approximate surface area is 228 Å². The summed E-state index contributed by atoms with van der Waals surface area (Å²) in [4.78, 5) is 35.3. The number of nitrogens with one attached hydrogen (secondary N) is 1. The molecule has 0 spiro atoms. The summed E-state index contributed by atoms with van der Waals surface area (Å²) in [7, 11) is 0. The van der Waals surface area contributed by atoms with Gasteiger partial charge in [-0.1, -0.05) is 52.4 Å². The second kappa shape index (κ2) is 10.3. The predicted molar refractivity (Wildman–Crippen MR) is 151 cm³/mol. The predicted octanol–water partition coefficient (Wildman–Crippen LogP) is 6.42. The summed E-state index contributed by atoms with van der Waals surface area (Å²) in [5.74, 6) is -0.191. The van der Waals surface area contributed by atoms with E-state index in [2.05, 4.69) is 10.3 Å². The number of hydrogen-bond donors (Lipinski definition) is 1. The average molecular weight is 572 g/mol. The molecule has 0 atom stereocenters. The number of aryl methyl sites for hydroxylation is 2. The number of amides is 1. The van der Waals surface area contributed by atoms with Gasteiger partial charge in [-0.25, -0.2) is 9.97 Å². The Morgan fingerprint density at radius 3 is 2.58 bits per heavy atom. The quantitative estimate of drug-likeness (QED) is 0.144. The standard InChI is InChI=1S/C24H18ClN5O2S4/c1-13-3-5-15(6-4-13)30-21(32)19-20(28-23(30)35-12-18(31)27-22-26-9-10-34-22)29(24(33)36-19)16-7-8-17(25)14(2)11-16/h3-11H,12H2,1-2H3,(H,26,27,31). The maximum Gasteiger partial charge on any atom is 0.278 e. The first kappa shape index (κ1) is 24.8. The molecule has 1 N–H and O–H groups in total. The number of aromatic nitrogens is 4. The molecule has 0 bridgehead atoms. The highest BCUT2D eigenvalue weighted by atomic mass is 35.5. The number of anilines is 1. The van der Waals surface area contributed by atoms with Crippen molar-refractivity contribution in [1.29, 1.82) is 0 Å². The summed E-state index contributed by atoms with van der Waals surface area (Å²) in [6.07, 6.45) is 1.62. The Morgan fingerprint density at radius 1 is 1.14 bits per heavy atom. The zero-order valence-electron chi connectivity index (χ0n) is 19.0. The van der Waals surface area contributed by atoms with Crippen molar-refractivity contribution in [3.63, 3.8) is 0 Å². The van der Waals surface area contributed by atoms with E-state index >= 15 is 0 Å². The van der Waals surface area contributed by atoms with Crippen molar-refractivity contribution in [2.75, 3.05) is 11.1 Å². The topological polar surface area (TPSA) is 81.8 Å². The number of hydrogen-bond acceptors (Lipinski definition) is 8. The van der Waals surface area contributed by atoms with Crippen molar-refractivity contribution >= 4 is 79.6 Å². The number of carbonyl (C=O) groups is 1. The van der Waals surface area contributed by atoms with E-state index in [4.69, 9.17) is 28.8 Å². The molecule has 0 aliphatic rings. The van der Waals surface area contributed by atoms with Crippen LogP contribution in [-0.4, -0.2) is 30.8 Å². The van der Waals surface area contributed by atoms with Crippen molar-refractivity contribution in [3.8, 4) is 11.4 Å². The third-order valence-corrected chi connectivity index (χ3v) is 8.68. The third-order valence-electron chi connectivity index (χ3n) is 5.28. The molecule has 182 valence electrons. The van der Waals surface area contributed by atoms with Gasteiger partial charge in [-0.15, -0.1) is 11.3 Å². The van der Waals surface area contributed by atoms with Crippen LogP contribution in [0.1, 0.15) is 11.1 Å². The minimum absolute atomic E-state index is 0.0499. The molecule has 12 heteroatoms. The highest BCUT2D eigenvalue weighted by Gasteiger charge is 2.20. The van der Waals surface area contributed by atoms with E-state index in [1.54, 1.807) is 22.2 Å². The Hall–Kier alpha value is -2.83. The fourth-order valence-electron chi connectivity index (χ4n) is 3.52. The van der Waals surface area contributed by atoms with E-state index < -0.39 is 0 Å². The summed E-state index contributed by atoms with van der Waals surface area (Å²) in [6.45, 7) is 3.89. The summed E-state index contributed by atoms with van der Waals surface area (Å²) in [5, 5.41) is 6.09. The third kappa shape index (κ3) is 4.89. The highest BCUT2D eigenvalue weighted by molar-refractivity contribution is 7.99. The second-order valence-corrected chi connectivity index (χ2v) is 11.7. The van der Waals surface area contributed by atoms with E-state index in [9.17, 15) is 9.59 Å². The zero-order valence-corrected chi connectivity index (χ0v) is 23.0. The lowest BCUT2D eigenvalue weighted by Gasteiger charge is -2.13. The van der Waals surface area contributed by atoms with Crippen LogP contribution < -0.4 is 10.9 Å². The van der Waals surface area contributed by atoms with E-state index in [-0.39, 0.29) is 17.2 Å². The van der Waals surface area contributed by atoms with Crippen LogP contribution in [0.15, 0.2) is 64.0 Å². The molecule has 5 aromatic rings. The van der Waals surface area contributed by atoms with Gasteiger partial charge >= 0.3 is 0 Å². The van der Waals surface area contributed by atoms with Crippen LogP contribution >= 0.6 is 58.3 Å². The molecule has 0 saturated heterocycles. The van der Waals surface area contributed by atoms with Gasteiger partial charge in [0.05, 0.1) is 11.4 Å². The molecular formula is C24H18ClN5O2S4. The van der Waals surface area contributed by atoms with E-state index in [0.29, 0.717) is 35.3 Å². The molecule has 2 aromatic carbocycles. The maximum atomic E-state index is 13.8. The van der Waals surface area contributed by atoms with Crippen molar-refractivity contribution in [1.82, 2.24) is 19.1 Å². The van der Waals surface area contributed by atoms with Crippen molar-refractivity contribution in [2.24, 2.45) is 0 Å². The van der Waals surface area contributed by atoms with Gasteiger partial charge in [-0.05, 0) is 62.0 Å². The number of carbonyl (C=O) groups excluding carboxylic acids is 1. The summed E-state index contributed by atoms with van der Waals surface area (Å²) in [5.41, 5.74) is 3.59. The fourth-order valence-corrected chi connectivity index (χ4v) is 6.29. The zero-order chi connectivity index (χ0) is 25.4. The number of benzene rings is 2. The molecule has 0 aliphatic heterocycles. The van der Waals surface area contributed by atoms with Crippen LogP contribution in [0.2, 0.25) is 5.02 Å². The van der Waals surface area contributed by atoms with Gasteiger partial charge in [-0.3, -0.25) is 18.7 Å². The Kier molecular flexibility index (Phi) is 7.09. The highest BCUT2D eigenvalue weighted by Crippen LogP contribution is 2.29. The van der Waals surface area contributed by atoms with E-state index in [0.717, 1.165) is 16.8 Å². The number of rotatable bonds is 6. The van der Waals surface area contributed by atoms with Gasteiger partial charge in [0, 0.05) is 22.3 Å². The van der Waals surface area contributed by atoms with Gasteiger partial charge in [0.25, 0.3) is 5.56 Å². The van der Waals surface area contributed by atoms with Crippen LogP contribution in [0.3, 0.4) is 0 Å². The molecule has 5 rings (SSSR count). The monoisotopic (exact) mass is 571 g/mol. The largest absolute Gasteiger partial charge is 0.301 e. The van der Waals surface area contributed by atoms with Crippen LogP contribution in [0.5, 0.6) is 0 Å². The Bertz CT molecular complexity index is 1710. The molecule has 0 fully saturated rings. The van der Waals surface area contributed by atoms with Gasteiger partial charge in [0.2, 0.25) is 5.91 Å². The van der Waals surface area contributed by atoms with Gasteiger partial charge < -0.3 is 5.32 Å². The number of fused-ring (bicyclic) bond motifs is 1. The summed E-state index contributed by atoms with van der Waals surface area (Å²) in [6, 6.07) is 13.1. The van der Waals surface area contributed by atoms with E-state index in [1.807, 2.05) is 50.2 Å². The van der Waals surface area contributed by atoms with E-state index in [1.165, 1.54) is 39.0 Å². The Balaban J connectivity index is 1.65. The number of halogens is 1. The first-order valence-corrected chi connectivity index (χ1v) is 14.1. The van der Waals surface area contributed by atoms with Crippen molar-refractivity contribution in [3.05, 3.63) is 84.5 Å². The molecule has 36 heavy (non-hydrogen) atoms.